The number of carbonyl (C=O) groups is 1. The summed E-state index contributed by atoms with van der Waals surface area (Å²) in [6.45, 7) is 2.60. The van der Waals surface area contributed by atoms with Gasteiger partial charge in [-0.3, -0.25) is 0 Å². The third-order valence-corrected chi connectivity index (χ3v) is 4.63. The molecule has 0 saturated heterocycles. The average Bonchev–Trinajstić information content (AvgIpc) is 2.33. The number of amides is 2. The minimum absolute atomic E-state index is 0.120. The van der Waals surface area contributed by atoms with Crippen LogP contribution in [0.4, 0.5) is 4.79 Å². The summed E-state index contributed by atoms with van der Waals surface area (Å²) in [7, 11) is 0. The maximum Gasteiger partial charge on any atom is 0.315 e. The molecule has 0 bridgehead atoms. The predicted molar refractivity (Wildman–Crippen MR) is 71.4 cm³/mol. The van der Waals surface area contributed by atoms with Gasteiger partial charge in [0, 0.05) is 12.6 Å². The normalized spacial score (nSPS) is 32.7. The molecular formula is C14H26N2O2. The van der Waals surface area contributed by atoms with Gasteiger partial charge in [0.05, 0.1) is 5.60 Å². The molecule has 2 aliphatic carbocycles. The fourth-order valence-electron chi connectivity index (χ4n) is 2.83. The summed E-state index contributed by atoms with van der Waals surface area (Å²) in [5.74, 6) is 0.758. The molecule has 0 aromatic rings. The zero-order chi connectivity index (χ0) is 13.0. The van der Waals surface area contributed by atoms with Crippen LogP contribution in [0.15, 0.2) is 0 Å². The van der Waals surface area contributed by atoms with Crippen molar-refractivity contribution in [3.8, 4) is 0 Å². The van der Waals surface area contributed by atoms with Crippen molar-refractivity contribution in [1.29, 1.82) is 0 Å². The Kier molecular flexibility index (Phi) is 4.49. The molecule has 4 heteroatoms. The summed E-state index contributed by atoms with van der Waals surface area (Å²) in [5, 5.41) is 16.2. The van der Waals surface area contributed by atoms with E-state index < -0.39 is 5.60 Å². The Hall–Kier alpha value is -0.770. The van der Waals surface area contributed by atoms with Crippen molar-refractivity contribution in [3.63, 3.8) is 0 Å². The number of carbonyl (C=O) groups excluding carboxylic acids is 1. The van der Waals surface area contributed by atoms with E-state index >= 15 is 0 Å². The lowest BCUT2D eigenvalue weighted by Gasteiger charge is -2.36. The quantitative estimate of drug-likeness (QED) is 0.720. The molecular weight excluding hydrogens is 228 g/mol. The number of hydrogen-bond donors (Lipinski definition) is 3. The highest BCUT2D eigenvalue weighted by atomic mass is 16.3. The first-order valence-corrected chi connectivity index (χ1v) is 7.38. The van der Waals surface area contributed by atoms with E-state index in [4.69, 9.17) is 0 Å². The van der Waals surface area contributed by atoms with E-state index in [1.807, 2.05) is 0 Å². The number of aliphatic hydroxyl groups is 1. The van der Waals surface area contributed by atoms with Gasteiger partial charge in [0.15, 0.2) is 0 Å². The fourth-order valence-corrected chi connectivity index (χ4v) is 2.83. The van der Waals surface area contributed by atoms with Crippen LogP contribution in [0.1, 0.15) is 58.3 Å². The summed E-state index contributed by atoms with van der Waals surface area (Å²) in [6.07, 6.45) is 8.40. The van der Waals surface area contributed by atoms with Crippen molar-refractivity contribution in [1.82, 2.24) is 10.6 Å². The highest BCUT2D eigenvalue weighted by molar-refractivity contribution is 5.74. The first kappa shape index (κ1) is 13.7. The molecule has 2 saturated carbocycles. The van der Waals surface area contributed by atoms with E-state index in [2.05, 4.69) is 17.6 Å². The van der Waals surface area contributed by atoms with E-state index in [0.717, 1.165) is 44.4 Å². The number of urea groups is 1. The lowest BCUT2D eigenvalue weighted by molar-refractivity contribution is -0.00654. The van der Waals surface area contributed by atoms with Crippen LogP contribution in [0, 0.1) is 5.92 Å². The fraction of sp³-hybridized carbons (Fsp3) is 0.929. The second kappa shape index (κ2) is 5.91. The smallest absolute Gasteiger partial charge is 0.315 e. The van der Waals surface area contributed by atoms with Crippen LogP contribution in [0.5, 0.6) is 0 Å². The largest absolute Gasteiger partial charge is 0.388 e. The molecule has 18 heavy (non-hydrogen) atoms. The molecule has 2 amide bonds. The highest BCUT2D eigenvalue weighted by Crippen LogP contribution is 2.33. The Morgan fingerprint density at radius 1 is 1.28 bits per heavy atom. The Balaban J connectivity index is 1.67. The first-order valence-electron chi connectivity index (χ1n) is 7.38. The number of rotatable bonds is 4. The van der Waals surface area contributed by atoms with Crippen LogP contribution in [-0.4, -0.2) is 29.3 Å². The zero-order valence-corrected chi connectivity index (χ0v) is 11.4. The summed E-state index contributed by atoms with van der Waals surface area (Å²) >= 11 is 0. The van der Waals surface area contributed by atoms with Crippen molar-refractivity contribution in [2.24, 2.45) is 5.92 Å². The number of nitrogens with one attached hydrogen (secondary N) is 2. The van der Waals surface area contributed by atoms with Gasteiger partial charge in [-0.25, -0.2) is 4.79 Å². The van der Waals surface area contributed by atoms with Crippen LogP contribution in [0.2, 0.25) is 0 Å². The van der Waals surface area contributed by atoms with E-state index in [0.29, 0.717) is 12.6 Å². The van der Waals surface area contributed by atoms with E-state index in [1.54, 1.807) is 0 Å². The van der Waals surface area contributed by atoms with Gasteiger partial charge >= 0.3 is 6.03 Å². The molecule has 2 fully saturated rings. The number of hydrogen-bond acceptors (Lipinski definition) is 2. The Labute approximate surface area is 110 Å². The summed E-state index contributed by atoms with van der Waals surface area (Å²) in [6, 6.07) is 0.237. The van der Waals surface area contributed by atoms with E-state index in [1.165, 1.54) is 12.8 Å². The molecule has 0 heterocycles. The lowest BCUT2D eigenvalue weighted by atomic mass is 9.78. The lowest BCUT2D eigenvalue weighted by Crippen LogP contribution is -2.51. The topological polar surface area (TPSA) is 61.4 Å². The van der Waals surface area contributed by atoms with Gasteiger partial charge in [-0.2, -0.15) is 0 Å². The van der Waals surface area contributed by atoms with E-state index in [-0.39, 0.29) is 6.03 Å². The first-order chi connectivity index (χ1) is 8.61. The van der Waals surface area contributed by atoms with E-state index in [9.17, 15) is 9.90 Å². The van der Waals surface area contributed by atoms with Gasteiger partial charge in [-0.15, -0.1) is 0 Å². The van der Waals surface area contributed by atoms with Gasteiger partial charge in [0.2, 0.25) is 0 Å². The van der Waals surface area contributed by atoms with Crippen molar-refractivity contribution in [2.45, 2.75) is 69.9 Å². The van der Waals surface area contributed by atoms with Crippen molar-refractivity contribution >= 4 is 6.03 Å². The molecule has 0 atom stereocenters. The van der Waals surface area contributed by atoms with Crippen LogP contribution in [0.3, 0.4) is 0 Å². The molecule has 0 radical (unpaired) electrons. The monoisotopic (exact) mass is 254 g/mol. The summed E-state index contributed by atoms with van der Waals surface area (Å²) in [4.78, 5) is 11.6. The molecule has 0 unspecified atom stereocenters. The van der Waals surface area contributed by atoms with Crippen LogP contribution in [-0.2, 0) is 0 Å². The maximum atomic E-state index is 11.6. The van der Waals surface area contributed by atoms with Crippen molar-refractivity contribution < 1.29 is 9.90 Å². The predicted octanol–water partition coefficient (Wildman–Crippen LogP) is 2.17. The van der Waals surface area contributed by atoms with Crippen molar-refractivity contribution in [2.75, 3.05) is 6.54 Å². The maximum absolute atomic E-state index is 11.6. The standard InChI is InChI=1S/C14H26N2O2/c1-2-11-6-8-14(18,9-7-11)10-15-13(17)16-12-4-3-5-12/h11-12,18H,2-10H2,1H3,(H2,15,16,17). The van der Waals surface area contributed by atoms with Gasteiger partial charge in [-0.1, -0.05) is 13.3 Å². The second-order valence-corrected chi connectivity index (χ2v) is 6.03. The highest BCUT2D eigenvalue weighted by Gasteiger charge is 2.33. The Morgan fingerprint density at radius 3 is 2.44 bits per heavy atom. The molecule has 4 nitrogen and oxygen atoms in total. The molecule has 0 aromatic carbocycles. The van der Waals surface area contributed by atoms with Gasteiger partial charge < -0.3 is 15.7 Å². The molecule has 0 aliphatic heterocycles. The molecule has 104 valence electrons. The van der Waals surface area contributed by atoms with Crippen LogP contribution >= 0.6 is 0 Å². The van der Waals surface area contributed by atoms with Crippen LogP contribution < -0.4 is 10.6 Å². The Morgan fingerprint density at radius 2 is 1.94 bits per heavy atom. The molecule has 2 rings (SSSR count). The van der Waals surface area contributed by atoms with Gasteiger partial charge in [-0.05, 0) is 50.9 Å². The second-order valence-electron chi connectivity index (χ2n) is 6.03. The summed E-state index contributed by atoms with van der Waals surface area (Å²) < 4.78 is 0. The minimum atomic E-state index is -0.678. The molecule has 2 aliphatic rings. The summed E-state index contributed by atoms with van der Waals surface area (Å²) in [5.41, 5.74) is -0.678. The van der Waals surface area contributed by atoms with Crippen molar-refractivity contribution in [3.05, 3.63) is 0 Å². The Bertz CT molecular complexity index is 282. The molecule has 0 spiro atoms. The molecule has 3 N–H and O–H groups in total. The third kappa shape index (κ3) is 3.61. The zero-order valence-electron chi connectivity index (χ0n) is 11.4. The van der Waals surface area contributed by atoms with Crippen LogP contribution in [0.25, 0.3) is 0 Å². The van der Waals surface area contributed by atoms with Gasteiger partial charge in [0.1, 0.15) is 0 Å². The van der Waals surface area contributed by atoms with Gasteiger partial charge in [0.25, 0.3) is 0 Å². The average molecular weight is 254 g/mol. The SMILES string of the molecule is CCC1CCC(O)(CNC(=O)NC2CCC2)CC1. The third-order valence-electron chi connectivity index (χ3n) is 4.63. The molecule has 0 aromatic heterocycles. The minimum Gasteiger partial charge on any atom is -0.388 e.